The smallest absolute Gasteiger partial charge is 0.341 e. The third kappa shape index (κ3) is 3.72. The van der Waals surface area contributed by atoms with Gasteiger partial charge < -0.3 is 4.90 Å². The van der Waals surface area contributed by atoms with Gasteiger partial charge in [0.05, 0.1) is 0 Å². The lowest BCUT2D eigenvalue weighted by atomic mass is 9.97. The van der Waals surface area contributed by atoms with Crippen LogP contribution in [-0.4, -0.2) is 32.8 Å². The third-order valence-electron chi connectivity index (χ3n) is 4.04. The van der Waals surface area contributed by atoms with Crippen molar-refractivity contribution in [3.05, 3.63) is 46.6 Å². The van der Waals surface area contributed by atoms with Crippen molar-refractivity contribution in [2.24, 2.45) is 5.92 Å². The zero-order valence-corrected chi connectivity index (χ0v) is 12.8. The van der Waals surface area contributed by atoms with Crippen molar-refractivity contribution in [1.82, 2.24) is 19.7 Å². The first-order valence-corrected chi connectivity index (χ1v) is 7.61. The maximum atomic E-state index is 12.7. The molecule has 0 amide bonds. The standard InChI is InChI=1S/C15H16F3N5O/c16-15(17,18)12-2-3-13(24)23(21-12)10-11-4-8-22(9-5-11)14-19-6-1-7-20-14/h1-3,6-7,11H,4-5,8-10H2. The molecule has 6 nitrogen and oxygen atoms in total. The Morgan fingerprint density at radius 3 is 2.42 bits per heavy atom. The highest BCUT2D eigenvalue weighted by molar-refractivity contribution is 5.28. The Morgan fingerprint density at radius 1 is 1.12 bits per heavy atom. The normalized spacial score (nSPS) is 16.4. The molecule has 9 heteroatoms. The van der Waals surface area contributed by atoms with E-state index in [4.69, 9.17) is 0 Å². The van der Waals surface area contributed by atoms with Crippen molar-refractivity contribution in [2.45, 2.75) is 25.6 Å². The number of rotatable bonds is 3. The average Bonchev–Trinajstić information content (AvgIpc) is 2.57. The molecule has 0 spiro atoms. The van der Waals surface area contributed by atoms with Crippen LogP contribution in [0.25, 0.3) is 0 Å². The maximum absolute atomic E-state index is 12.7. The number of anilines is 1. The van der Waals surface area contributed by atoms with E-state index in [1.165, 1.54) is 0 Å². The molecule has 0 aromatic carbocycles. The van der Waals surface area contributed by atoms with E-state index >= 15 is 0 Å². The quantitative estimate of drug-likeness (QED) is 0.855. The van der Waals surface area contributed by atoms with Crippen LogP contribution in [0, 0.1) is 5.92 Å². The molecule has 0 atom stereocenters. The van der Waals surface area contributed by atoms with E-state index in [0.717, 1.165) is 23.6 Å². The van der Waals surface area contributed by atoms with Crippen molar-refractivity contribution in [3.8, 4) is 0 Å². The molecule has 128 valence electrons. The molecule has 3 rings (SSSR count). The van der Waals surface area contributed by atoms with Gasteiger partial charge in [-0.1, -0.05) is 0 Å². The second kappa shape index (κ2) is 6.58. The molecule has 2 aromatic heterocycles. The van der Waals surface area contributed by atoms with Crippen LogP contribution in [0.15, 0.2) is 35.4 Å². The number of halogens is 3. The molecule has 1 aliphatic rings. The lowest BCUT2D eigenvalue weighted by Crippen LogP contribution is -2.38. The minimum Gasteiger partial charge on any atom is -0.341 e. The molecule has 24 heavy (non-hydrogen) atoms. The van der Waals surface area contributed by atoms with E-state index in [9.17, 15) is 18.0 Å². The number of aromatic nitrogens is 4. The van der Waals surface area contributed by atoms with Crippen LogP contribution >= 0.6 is 0 Å². The summed E-state index contributed by atoms with van der Waals surface area (Å²) in [5, 5.41) is 3.46. The van der Waals surface area contributed by atoms with Gasteiger partial charge in [0.15, 0.2) is 5.69 Å². The summed E-state index contributed by atoms with van der Waals surface area (Å²) < 4.78 is 39.1. The molecule has 0 bridgehead atoms. The number of piperidine rings is 1. The number of alkyl halides is 3. The molecule has 0 aliphatic carbocycles. The van der Waals surface area contributed by atoms with Gasteiger partial charge in [-0.15, -0.1) is 0 Å². The van der Waals surface area contributed by atoms with Crippen LogP contribution in [0.2, 0.25) is 0 Å². The predicted molar refractivity (Wildman–Crippen MR) is 80.5 cm³/mol. The summed E-state index contributed by atoms with van der Waals surface area (Å²) >= 11 is 0. The lowest BCUT2D eigenvalue weighted by Gasteiger charge is -2.31. The molecule has 0 saturated carbocycles. The summed E-state index contributed by atoms with van der Waals surface area (Å²) in [5.41, 5.74) is -1.56. The minimum absolute atomic E-state index is 0.0960. The van der Waals surface area contributed by atoms with Crippen molar-refractivity contribution in [2.75, 3.05) is 18.0 Å². The minimum atomic E-state index is -4.55. The van der Waals surface area contributed by atoms with Gasteiger partial charge in [-0.25, -0.2) is 14.6 Å². The molecule has 0 unspecified atom stereocenters. The van der Waals surface area contributed by atoms with E-state index in [1.54, 1.807) is 18.5 Å². The SMILES string of the molecule is O=c1ccc(C(F)(F)F)nn1CC1CCN(c2ncccn2)CC1. The van der Waals surface area contributed by atoms with Crippen LogP contribution in [0.4, 0.5) is 19.1 Å². The Labute approximate surface area is 136 Å². The number of hydrogen-bond acceptors (Lipinski definition) is 5. The van der Waals surface area contributed by atoms with Gasteiger partial charge in [0.2, 0.25) is 5.95 Å². The van der Waals surface area contributed by atoms with Gasteiger partial charge in [0.1, 0.15) is 0 Å². The monoisotopic (exact) mass is 339 g/mol. The summed E-state index contributed by atoms with van der Waals surface area (Å²) in [7, 11) is 0. The van der Waals surface area contributed by atoms with Crippen molar-refractivity contribution < 1.29 is 13.2 Å². The molecule has 3 heterocycles. The van der Waals surface area contributed by atoms with E-state index in [2.05, 4.69) is 15.1 Å². The molecule has 0 N–H and O–H groups in total. The van der Waals surface area contributed by atoms with Crippen LogP contribution in [-0.2, 0) is 12.7 Å². The van der Waals surface area contributed by atoms with Crippen molar-refractivity contribution >= 4 is 5.95 Å². The fraction of sp³-hybridized carbons (Fsp3) is 0.467. The Balaban J connectivity index is 1.65. The predicted octanol–water partition coefficient (Wildman–Crippen LogP) is 1.97. The molecule has 0 radical (unpaired) electrons. The largest absolute Gasteiger partial charge is 0.435 e. The molecule has 2 aromatic rings. The molecule has 1 fully saturated rings. The fourth-order valence-electron chi connectivity index (χ4n) is 2.75. The van der Waals surface area contributed by atoms with E-state index in [1.807, 2.05) is 4.90 Å². The highest BCUT2D eigenvalue weighted by Gasteiger charge is 2.33. The summed E-state index contributed by atoms with van der Waals surface area (Å²) in [4.78, 5) is 22.2. The number of nitrogens with zero attached hydrogens (tertiary/aromatic N) is 5. The van der Waals surface area contributed by atoms with Gasteiger partial charge in [0.25, 0.3) is 5.56 Å². The first-order valence-electron chi connectivity index (χ1n) is 7.61. The third-order valence-corrected chi connectivity index (χ3v) is 4.04. The van der Waals surface area contributed by atoms with E-state index in [-0.39, 0.29) is 12.5 Å². The summed E-state index contributed by atoms with van der Waals surface area (Å²) in [5.74, 6) is 0.740. The maximum Gasteiger partial charge on any atom is 0.435 e. The first-order chi connectivity index (χ1) is 11.4. The topological polar surface area (TPSA) is 63.9 Å². The van der Waals surface area contributed by atoms with E-state index < -0.39 is 17.4 Å². The van der Waals surface area contributed by atoms with Crippen LogP contribution in [0.3, 0.4) is 0 Å². The van der Waals surface area contributed by atoms with E-state index in [0.29, 0.717) is 25.1 Å². The van der Waals surface area contributed by atoms with Crippen molar-refractivity contribution in [3.63, 3.8) is 0 Å². The summed E-state index contributed by atoms with van der Waals surface area (Å²) in [6.45, 7) is 1.58. The highest BCUT2D eigenvalue weighted by Crippen LogP contribution is 2.27. The Bertz CT molecular complexity index is 739. The Hall–Kier alpha value is -2.45. The van der Waals surface area contributed by atoms with Gasteiger partial charge in [-0.05, 0) is 30.9 Å². The van der Waals surface area contributed by atoms with Crippen LogP contribution in [0.1, 0.15) is 18.5 Å². The molecule has 1 saturated heterocycles. The average molecular weight is 339 g/mol. The molecule has 1 aliphatic heterocycles. The van der Waals surface area contributed by atoms with Gasteiger partial charge >= 0.3 is 6.18 Å². The van der Waals surface area contributed by atoms with Crippen molar-refractivity contribution in [1.29, 1.82) is 0 Å². The fourth-order valence-corrected chi connectivity index (χ4v) is 2.75. The zero-order chi connectivity index (χ0) is 17.2. The van der Waals surface area contributed by atoms with Gasteiger partial charge in [-0.3, -0.25) is 4.79 Å². The summed E-state index contributed by atoms with van der Waals surface area (Å²) in [6, 6.07) is 3.37. The van der Waals surface area contributed by atoms with Gasteiger partial charge in [-0.2, -0.15) is 18.3 Å². The highest BCUT2D eigenvalue weighted by atomic mass is 19.4. The lowest BCUT2D eigenvalue weighted by molar-refractivity contribution is -0.142. The first kappa shape index (κ1) is 16.4. The summed E-state index contributed by atoms with van der Waals surface area (Å²) in [6.07, 6.45) is 0.260. The molecular weight excluding hydrogens is 323 g/mol. The Kier molecular flexibility index (Phi) is 4.50. The number of hydrogen-bond donors (Lipinski definition) is 0. The zero-order valence-electron chi connectivity index (χ0n) is 12.8. The molecular formula is C15H16F3N5O. The second-order valence-corrected chi connectivity index (χ2v) is 5.72. The van der Waals surface area contributed by atoms with Crippen LogP contribution < -0.4 is 10.5 Å². The van der Waals surface area contributed by atoms with Gasteiger partial charge in [0, 0.05) is 38.1 Å². The Morgan fingerprint density at radius 2 is 1.79 bits per heavy atom. The second-order valence-electron chi connectivity index (χ2n) is 5.72. The van der Waals surface area contributed by atoms with Crippen LogP contribution in [0.5, 0.6) is 0 Å².